The van der Waals surface area contributed by atoms with E-state index in [1.54, 1.807) is 0 Å². The van der Waals surface area contributed by atoms with Crippen LogP contribution in [0.2, 0.25) is 0 Å². The lowest BCUT2D eigenvalue weighted by Crippen LogP contribution is -1.91. The second-order valence-corrected chi connectivity index (χ2v) is 6.08. The predicted molar refractivity (Wildman–Crippen MR) is 78.6 cm³/mol. The van der Waals surface area contributed by atoms with Gasteiger partial charge in [-0.2, -0.15) is 0 Å². The van der Waals surface area contributed by atoms with Gasteiger partial charge in [0.2, 0.25) is 0 Å². The van der Waals surface area contributed by atoms with Crippen LogP contribution in [0.15, 0.2) is 0 Å². The topological polar surface area (TPSA) is 100 Å². The van der Waals surface area contributed by atoms with E-state index in [4.69, 9.17) is 22.6 Å². The zero-order valence-corrected chi connectivity index (χ0v) is 13.7. The van der Waals surface area contributed by atoms with Gasteiger partial charge in [-0.05, 0) is 12.3 Å². The summed E-state index contributed by atoms with van der Waals surface area (Å²) in [5, 5.41) is 8.61. The third kappa shape index (κ3) is 30.7. The normalized spacial score (nSPS) is 12.7. The van der Waals surface area contributed by atoms with Crippen LogP contribution in [0.3, 0.4) is 0 Å². The van der Waals surface area contributed by atoms with Crippen LogP contribution in [-0.2, 0) is 10.4 Å². The van der Waals surface area contributed by atoms with Gasteiger partial charge in [-0.25, -0.2) is 0 Å². The van der Waals surface area contributed by atoms with Crippen LogP contribution >= 0.6 is 0 Å². The number of aliphatic hydroxyl groups is 1. The van der Waals surface area contributed by atoms with E-state index in [-0.39, 0.29) is 0 Å². The minimum atomic E-state index is -5.17. The first kappa shape index (κ1) is 22.1. The summed E-state index contributed by atoms with van der Waals surface area (Å²) in [7, 11) is -5.17. The summed E-state index contributed by atoms with van der Waals surface area (Å²) in [6.07, 6.45) is 13.3. The van der Waals surface area contributed by atoms with Crippen molar-refractivity contribution in [1.82, 2.24) is 0 Å². The van der Waals surface area contributed by atoms with Crippen LogP contribution in [0.5, 0.6) is 0 Å². The van der Waals surface area contributed by atoms with Crippen molar-refractivity contribution in [3.05, 3.63) is 0 Å². The molecule has 124 valence electrons. The fraction of sp³-hybridized carbons (Fsp3) is 1.00. The van der Waals surface area contributed by atoms with Gasteiger partial charge in [0.25, 0.3) is 0 Å². The monoisotopic (exact) mass is 310 g/mol. The largest absolute Gasteiger partial charge is 0.759 e. The molecule has 0 saturated carbocycles. The zero-order valence-electron chi connectivity index (χ0n) is 12.8. The Morgan fingerprint density at radius 1 is 0.900 bits per heavy atom. The number of hydrogen-bond acceptors (Lipinski definition) is 5. The molecule has 0 aromatic carbocycles. The summed E-state index contributed by atoms with van der Waals surface area (Å²) in [4.78, 5) is 0. The summed E-state index contributed by atoms with van der Waals surface area (Å²) < 4.78 is 34.1. The number of hydrogen-bond donors (Lipinski definition) is 1. The molecule has 0 rings (SSSR count). The van der Waals surface area contributed by atoms with Crippen molar-refractivity contribution in [3.8, 4) is 0 Å². The lowest BCUT2D eigenvalue weighted by atomic mass is 10.00. The van der Waals surface area contributed by atoms with Gasteiger partial charge in [-0.1, -0.05) is 71.6 Å². The highest BCUT2D eigenvalue weighted by molar-refractivity contribution is 7.79. The molecule has 0 aliphatic heterocycles. The summed E-state index contributed by atoms with van der Waals surface area (Å²) in [6, 6.07) is 0. The van der Waals surface area contributed by atoms with E-state index >= 15 is 0 Å². The standard InChI is InChI=1S/C14H30O.H2O4S/c1-3-14(2)12-10-8-6-4-5-7-9-11-13-15;1-5(2,3)4/h14-15H,3-13H2,1-2H3;(H2,1,2,3,4)/p-2. The van der Waals surface area contributed by atoms with E-state index in [0.29, 0.717) is 6.61 Å². The fourth-order valence-corrected chi connectivity index (χ4v) is 1.87. The Balaban J connectivity index is 0. The quantitative estimate of drug-likeness (QED) is 0.359. The van der Waals surface area contributed by atoms with Gasteiger partial charge in [-0.3, -0.25) is 8.42 Å². The molecule has 6 heteroatoms. The average Bonchev–Trinajstić information content (AvgIpc) is 2.34. The van der Waals surface area contributed by atoms with Gasteiger partial charge < -0.3 is 14.2 Å². The summed E-state index contributed by atoms with van der Waals surface area (Å²) in [6.45, 7) is 5.01. The maximum Gasteiger partial charge on any atom is 0.0431 e. The second kappa shape index (κ2) is 15.2. The molecule has 0 aliphatic rings. The van der Waals surface area contributed by atoms with Gasteiger partial charge in [0, 0.05) is 17.0 Å². The molecule has 0 aliphatic carbocycles. The highest BCUT2D eigenvalue weighted by Gasteiger charge is 1.97. The molecule has 1 unspecified atom stereocenters. The smallest absolute Gasteiger partial charge is 0.0431 e. The summed E-state index contributed by atoms with van der Waals surface area (Å²) >= 11 is 0. The SMILES string of the molecule is CCC(C)CCCCCCCCCCO.O=S(=O)([O-])[O-]. The van der Waals surface area contributed by atoms with Gasteiger partial charge in [0.1, 0.15) is 0 Å². The van der Waals surface area contributed by atoms with Gasteiger partial charge in [0.05, 0.1) is 0 Å². The maximum absolute atomic E-state index is 8.61. The zero-order chi connectivity index (χ0) is 15.9. The van der Waals surface area contributed by atoms with Crippen molar-refractivity contribution in [2.75, 3.05) is 6.61 Å². The molecule has 5 nitrogen and oxygen atoms in total. The van der Waals surface area contributed by atoms with Crippen LogP contribution in [0.1, 0.15) is 78.1 Å². The number of aliphatic hydroxyl groups excluding tert-OH is 1. The first-order valence-electron chi connectivity index (χ1n) is 7.58. The molecule has 1 N–H and O–H groups in total. The molecule has 20 heavy (non-hydrogen) atoms. The Bertz CT molecular complexity index is 269. The van der Waals surface area contributed by atoms with Crippen LogP contribution in [0, 0.1) is 5.92 Å². The molecule has 0 amide bonds. The molecule has 0 aromatic heterocycles. The highest BCUT2D eigenvalue weighted by atomic mass is 32.3. The minimum Gasteiger partial charge on any atom is -0.759 e. The second-order valence-electron chi connectivity index (χ2n) is 5.26. The third-order valence-corrected chi connectivity index (χ3v) is 3.30. The van der Waals surface area contributed by atoms with Crippen molar-refractivity contribution < 1.29 is 22.6 Å². The minimum absolute atomic E-state index is 0.370. The van der Waals surface area contributed by atoms with Gasteiger partial charge in [0.15, 0.2) is 0 Å². The van der Waals surface area contributed by atoms with Crippen molar-refractivity contribution in [2.24, 2.45) is 5.92 Å². The Hall–Kier alpha value is -0.170. The maximum atomic E-state index is 8.61. The Morgan fingerprint density at radius 3 is 1.60 bits per heavy atom. The molecule has 0 heterocycles. The molecule has 0 aromatic rings. The van der Waals surface area contributed by atoms with Gasteiger partial charge >= 0.3 is 0 Å². The van der Waals surface area contributed by atoms with Crippen molar-refractivity contribution in [3.63, 3.8) is 0 Å². The van der Waals surface area contributed by atoms with E-state index in [1.807, 2.05) is 0 Å². The number of unbranched alkanes of at least 4 members (excludes halogenated alkanes) is 7. The van der Waals surface area contributed by atoms with Gasteiger partial charge in [-0.15, -0.1) is 0 Å². The molecule has 0 radical (unpaired) electrons. The lowest BCUT2D eigenvalue weighted by molar-refractivity contribution is 0.282. The third-order valence-electron chi connectivity index (χ3n) is 3.30. The average molecular weight is 310 g/mol. The van der Waals surface area contributed by atoms with Crippen LogP contribution in [0.25, 0.3) is 0 Å². The summed E-state index contributed by atoms with van der Waals surface area (Å²) in [5.41, 5.74) is 0. The van der Waals surface area contributed by atoms with E-state index in [1.165, 1.54) is 57.8 Å². The van der Waals surface area contributed by atoms with E-state index in [2.05, 4.69) is 13.8 Å². The first-order chi connectivity index (χ1) is 9.31. The fourth-order valence-electron chi connectivity index (χ4n) is 1.87. The van der Waals surface area contributed by atoms with Crippen molar-refractivity contribution in [1.29, 1.82) is 0 Å². The Kier molecular flexibility index (Phi) is 16.8. The molecule has 0 saturated heterocycles. The Morgan fingerprint density at radius 2 is 1.25 bits per heavy atom. The molecular formula is C14H30O5S-2. The van der Waals surface area contributed by atoms with Crippen LogP contribution in [0.4, 0.5) is 0 Å². The lowest BCUT2D eigenvalue weighted by Gasteiger charge is -2.07. The molecular weight excluding hydrogens is 280 g/mol. The highest BCUT2D eigenvalue weighted by Crippen LogP contribution is 2.14. The Labute approximate surface area is 124 Å². The first-order valence-corrected chi connectivity index (χ1v) is 8.92. The van der Waals surface area contributed by atoms with E-state index < -0.39 is 10.4 Å². The van der Waals surface area contributed by atoms with Crippen molar-refractivity contribution in [2.45, 2.75) is 78.1 Å². The van der Waals surface area contributed by atoms with E-state index in [9.17, 15) is 0 Å². The van der Waals surface area contributed by atoms with Crippen LogP contribution < -0.4 is 0 Å². The molecule has 1 atom stereocenters. The summed E-state index contributed by atoms with van der Waals surface area (Å²) in [5.74, 6) is 0.926. The predicted octanol–water partition coefficient (Wildman–Crippen LogP) is 3.20. The molecule has 0 spiro atoms. The van der Waals surface area contributed by atoms with Crippen molar-refractivity contribution >= 4 is 10.4 Å². The van der Waals surface area contributed by atoms with Crippen LogP contribution in [-0.4, -0.2) is 29.2 Å². The molecule has 0 bridgehead atoms. The molecule has 0 fully saturated rings. The van der Waals surface area contributed by atoms with E-state index in [0.717, 1.165) is 12.3 Å². The number of rotatable bonds is 11.